The molecule has 1 aliphatic heterocycles. The summed E-state index contributed by atoms with van der Waals surface area (Å²) in [6.07, 6.45) is 3.73. The molecule has 1 saturated heterocycles. The standard InChI is InChI=1S/C17H28N2O4/c1-16(2,20)17(3,4)23-19-14-5-8-18-15(11-14)22-12-13-6-9-21-10-7-13/h5,8,11,13,20H,6-7,9-10,12H2,1-4H3,(H,18,19). The summed E-state index contributed by atoms with van der Waals surface area (Å²) in [5.74, 6) is 1.08. The number of nitrogens with zero attached hydrogens (tertiary/aromatic N) is 1. The lowest BCUT2D eigenvalue weighted by Gasteiger charge is -2.36. The van der Waals surface area contributed by atoms with Crippen molar-refractivity contribution in [3.63, 3.8) is 0 Å². The summed E-state index contributed by atoms with van der Waals surface area (Å²) >= 11 is 0. The van der Waals surface area contributed by atoms with Crippen LogP contribution >= 0.6 is 0 Å². The first-order valence-electron chi connectivity index (χ1n) is 8.11. The molecule has 0 aromatic carbocycles. The van der Waals surface area contributed by atoms with Crippen LogP contribution in [-0.2, 0) is 9.57 Å². The first-order chi connectivity index (χ1) is 10.8. The average molecular weight is 324 g/mol. The minimum Gasteiger partial charge on any atom is -0.477 e. The van der Waals surface area contributed by atoms with Crippen LogP contribution in [0.1, 0.15) is 40.5 Å². The van der Waals surface area contributed by atoms with E-state index in [1.165, 1.54) is 0 Å². The fourth-order valence-electron chi connectivity index (χ4n) is 1.98. The van der Waals surface area contributed by atoms with Gasteiger partial charge in [-0.25, -0.2) is 4.98 Å². The predicted octanol–water partition coefficient (Wildman–Crippen LogP) is 2.78. The first kappa shape index (κ1) is 18.0. The van der Waals surface area contributed by atoms with Gasteiger partial charge in [0.15, 0.2) is 0 Å². The number of nitrogens with one attached hydrogen (secondary N) is 1. The van der Waals surface area contributed by atoms with Gasteiger partial charge in [-0.15, -0.1) is 0 Å². The number of rotatable bonds is 7. The zero-order valence-corrected chi connectivity index (χ0v) is 14.5. The summed E-state index contributed by atoms with van der Waals surface area (Å²) in [4.78, 5) is 9.85. The van der Waals surface area contributed by atoms with Gasteiger partial charge < -0.3 is 14.6 Å². The average Bonchev–Trinajstić information content (AvgIpc) is 2.51. The molecule has 0 unspecified atom stereocenters. The van der Waals surface area contributed by atoms with E-state index >= 15 is 0 Å². The molecule has 0 atom stereocenters. The Morgan fingerprint density at radius 2 is 2.00 bits per heavy atom. The largest absolute Gasteiger partial charge is 0.477 e. The van der Waals surface area contributed by atoms with Crippen LogP contribution in [0.15, 0.2) is 18.3 Å². The van der Waals surface area contributed by atoms with Crippen molar-refractivity contribution in [2.24, 2.45) is 5.92 Å². The Morgan fingerprint density at radius 3 is 2.65 bits per heavy atom. The number of hydrogen-bond acceptors (Lipinski definition) is 6. The van der Waals surface area contributed by atoms with Crippen molar-refractivity contribution in [3.05, 3.63) is 18.3 Å². The van der Waals surface area contributed by atoms with Gasteiger partial charge in [0.1, 0.15) is 5.60 Å². The highest BCUT2D eigenvalue weighted by atomic mass is 16.7. The molecule has 1 fully saturated rings. The maximum atomic E-state index is 10.1. The molecule has 1 aliphatic rings. The molecule has 2 N–H and O–H groups in total. The van der Waals surface area contributed by atoms with Gasteiger partial charge >= 0.3 is 0 Å². The van der Waals surface area contributed by atoms with Crippen molar-refractivity contribution < 1.29 is 19.4 Å². The van der Waals surface area contributed by atoms with E-state index in [-0.39, 0.29) is 0 Å². The van der Waals surface area contributed by atoms with E-state index < -0.39 is 11.2 Å². The highest BCUT2D eigenvalue weighted by molar-refractivity contribution is 5.43. The van der Waals surface area contributed by atoms with E-state index in [4.69, 9.17) is 14.3 Å². The molecule has 2 heterocycles. The molecule has 1 aromatic rings. The fourth-order valence-corrected chi connectivity index (χ4v) is 1.98. The van der Waals surface area contributed by atoms with Crippen molar-refractivity contribution in [2.45, 2.75) is 51.7 Å². The van der Waals surface area contributed by atoms with E-state index in [0.29, 0.717) is 18.4 Å². The SMILES string of the molecule is CC(C)(O)C(C)(C)ONc1ccnc(OCC2CCOCC2)c1. The van der Waals surface area contributed by atoms with Crippen LogP contribution in [0.5, 0.6) is 5.88 Å². The third kappa shape index (κ3) is 5.34. The highest BCUT2D eigenvalue weighted by Crippen LogP contribution is 2.26. The van der Waals surface area contributed by atoms with E-state index in [1.54, 1.807) is 32.2 Å². The molecule has 2 rings (SSSR count). The minimum absolute atomic E-state index is 0.521. The summed E-state index contributed by atoms with van der Waals surface area (Å²) in [5, 5.41) is 10.1. The number of anilines is 1. The van der Waals surface area contributed by atoms with E-state index in [9.17, 15) is 5.11 Å². The van der Waals surface area contributed by atoms with E-state index in [2.05, 4.69) is 10.5 Å². The molecule has 0 amide bonds. The van der Waals surface area contributed by atoms with Gasteiger partial charge in [0.2, 0.25) is 5.88 Å². The second-order valence-corrected chi connectivity index (χ2v) is 7.02. The smallest absolute Gasteiger partial charge is 0.215 e. The quantitative estimate of drug-likeness (QED) is 0.751. The van der Waals surface area contributed by atoms with Crippen molar-refractivity contribution in [1.29, 1.82) is 0 Å². The van der Waals surface area contributed by atoms with Gasteiger partial charge in [-0.3, -0.25) is 10.3 Å². The lowest BCUT2D eigenvalue weighted by molar-refractivity contribution is -0.130. The molecular formula is C17H28N2O4. The summed E-state index contributed by atoms with van der Waals surface area (Å²) < 4.78 is 11.1. The van der Waals surface area contributed by atoms with Gasteiger partial charge in [0, 0.05) is 25.5 Å². The normalized spacial score (nSPS) is 17.1. The Hall–Kier alpha value is -1.37. The molecule has 0 aliphatic carbocycles. The summed E-state index contributed by atoms with van der Waals surface area (Å²) in [5.41, 5.74) is 1.88. The van der Waals surface area contributed by atoms with Crippen molar-refractivity contribution >= 4 is 5.69 Å². The maximum absolute atomic E-state index is 10.1. The first-order valence-corrected chi connectivity index (χ1v) is 8.11. The summed E-state index contributed by atoms with van der Waals surface area (Å²) in [6.45, 7) is 9.34. The van der Waals surface area contributed by atoms with Crippen LogP contribution in [0.3, 0.4) is 0 Å². The zero-order chi connectivity index (χ0) is 16.9. The number of hydrogen-bond donors (Lipinski definition) is 2. The van der Waals surface area contributed by atoms with Crippen LogP contribution in [0.4, 0.5) is 5.69 Å². The fraction of sp³-hybridized carbons (Fsp3) is 0.706. The van der Waals surface area contributed by atoms with Crippen molar-refractivity contribution in [1.82, 2.24) is 4.98 Å². The Kier molecular flexibility index (Phi) is 5.84. The van der Waals surface area contributed by atoms with Gasteiger partial charge in [0.25, 0.3) is 0 Å². The van der Waals surface area contributed by atoms with Crippen LogP contribution in [0.2, 0.25) is 0 Å². The van der Waals surface area contributed by atoms with Gasteiger partial charge in [0.05, 0.1) is 17.9 Å². The molecule has 130 valence electrons. The second-order valence-electron chi connectivity index (χ2n) is 7.02. The highest BCUT2D eigenvalue weighted by Gasteiger charge is 2.37. The number of aliphatic hydroxyl groups is 1. The lowest BCUT2D eigenvalue weighted by atomic mass is 9.90. The van der Waals surface area contributed by atoms with Crippen LogP contribution in [0, 0.1) is 5.92 Å². The molecule has 23 heavy (non-hydrogen) atoms. The van der Waals surface area contributed by atoms with E-state index in [1.807, 2.05) is 13.8 Å². The number of aromatic nitrogens is 1. The Bertz CT molecular complexity index is 494. The van der Waals surface area contributed by atoms with Crippen LogP contribution in [-0.4, -0.2) is 41.1 Å². The third-order valence-corrected chi connectivity index (χ3v) is 4.44. The molecule has 1 aromatic heterocycles. The second kappa shape index (κ2) is 7.47. The monoisotopic (exact) mass is 324 g/mol. The molecular weight excluding hydrogens is 296 g/mol. The number of ether oxygens (including phenoxy) is 2. The topological polar surface area (TPSA) is 72.8 Å². The Balaban J connectivity index is 1.87. The van der Waals surface area contributed by atoms with E-state index in [0.717, 1.165) is 31.7 Å². The third-order valence-electron chi connectivity index (χ3n) is 4.44. The van der Waals surface area contributed by atoms with Gasteiger partial charge in [-0.1, -0.05) is 0 Å². The van der Waals surface area contributed by atoms with Crippen molar-refractivity contribution in [2.75, 3.05) is 25.3 Å². The van der Waals surface area contributed by atoms with Crippen LogP contribution in [0.25, 0.3) is 0 Å². The van der Waals surface area contributed by atoms with Gasteiger partial charge in [-0.05, 0) is 52.5 Å². The minimum atomic E-state index is -0.977. The molecule has 0 spiro atoms. The lowest BCUT2D eigenvalue weighted by Crippen LogP contribution is -2.48. The molecule has 6 heteroatoms. The van der Waals surface area contributed by atoms with Gasteiger partial charge in [-0.2, -0.15) is 0 Å². The summed E-state index contributed by atoms with van der Waals surface area (Å²) in [7, 11) is 0. The summed E-state index contributed by atoms with van der Waals surface area (Å²) in [6, 6.07) is 3.58. The molecule has 0 radical (unpaired) electrons. The number of pyridine rings is 1. The molecule has 0 bridgehead atoms. The molecule has 6 nitrogen and oxygen atoms in total. The van der Waals surface area contributed by atoms with Crippen molar-refractivity contribution in [3.8, 4) is 5.88 Å². The zero-order valence-electron chi connectivity index (χ0n) is 14.5. The molecule has 0 saturated carbocycles. The Labute approximate surface area is 138 Å². The van der Waals surface area contributed by atoms with Crippen LogP contribution < -0.4 is 10.2 Å². The predicted molar refractivity (Wildman–Crippen MR) is 88.4 cm³/mol. The Morgan fingerprint density at radius 1 is 1.30 bits per heavy atom. The maximum Gasteiger partial charge on any atom is 0.215 e.